The van der Waals surface area contributed by atoms with E-state index in [4.69, 9.17) is 4.74 Å². The number of benzene rings is 1. The molecule has 1 atom stereocenters. The fourth-order valence-corrected chi connectivity index (χ4v) is 3.64. The lowest BCUT2D eigenvalue weighted by atomic mass is 10.0. The lowest BCUT2D eigenvalue weighted by molar-refractivity contribution is -0.132. The van der Waals surface area contributed by atoms with Crippen molar-refractivity contribution >= 4 is 27.7 Å². The summed E-state index contributed by atoms with van der Waals surface area (Å²) in [5.41, 5.74) is 1.34. The van der Waals surface area contributed by atoms with Crippen LogP contribution in [0.5, 0.6) is 5.75 Å². The van der Waals surface area contributed by atoms with E-state index in [0.717, 1.165) is 36.0 Å². The number of rotatable bonds is 7. The number of amides is 2. The van der Waals surface area contributed by atoms with E-state index in [0.29, 0.717) is 17.7 Å². The molecule has 7 heteroatoms. The second-order valence-corrected chi connectivity index (χ2v) is 7.66. The molecule has 0 radical (unpaired) electrons. The number of para-hydroxylation sites is 1. The maximum Gasteiger partial charge on any atom is 0.260 e. The van der Waals surface area contributed by atoms with Crippen molar-refractivity contribution in [1.82, 2.24) is 15.2 Å². The topological polar surface area (TPSA) is 71.5 Å². The number of likely N-dealkylation sites (tertiary alicyclic amines) is 1. The van der Waals surface area contributed by atoms with E-state index >= 15 is 0 Å². The number of carbonyl (C=O) groups excluding carboxylic acids is 2. The molecule has 1 saturated heterocycles. The maximum absolute atomic E-state index is 12.6. The van der Waals surface area contributed by atoms with E-state index in [9.17, 15) is 9.59 Å². The molecule has 0 saturated carbocycles. The molecule has 1 aliphatic heterocycles. The van der Waals surface area contributed by atoms with Gasteiger partial charge in [-0.2, -0.15) is 0 Å². The minimum Gasteiger partial charge on any atom is -0.483 e. The van der Waals surface area contributed by atoms with E-state index in [1.165, 1.54) is 6.20 Å². The zero-order valence-electron chi connectivity index (χ0n) is 15.9. The van der Waals surface area contributed by atoms with Gasteiger partial charge in [-0.25, -0.2) is 0 Å². The van der Waals surface area contributed by atoms with Crippen LogP contribution < -0.4 is 10.1 Å². The van der Waals surface area contributed by atoms with Gasteiger partial charge in [0.05, 0.1) is 11.6 Å². The smallest absolute Gasteiger partial charge is 0.260 e. The van der Waals surface area contributed by atoms with Gasteiger partial charge in [0.25, 0.3) is 11.8 Å². The Labute approximate surface area is 173 Å². The number of carbonyl (C=O) groups is 2. The van der Waals surface area contributed by atoms with Gasteiger partial charge in [-0.05, 0) is 47.3 Å². The third-order valence-corrected chi connectivity index (χ3v) is 5.22. The molecule has 28 heavy (non-hydrogen) atoms. The number of nitrogens with zero attached hydrogens (tertiary/aromatic N) is 2. The molecule has 6 nitrogen and oxygen atoms in total. The standard InChI is InChI=1S/C21H24BrN3O3/c1-2-18(24-21(27)15-11-16(22)13-23-12-15)17-7-3-4-8-19(17)28-14-20(26)25-9-5-6-10-25/h3-4,7-8,11-13,18H,2,5-6,9-10,14H2,1H3,(H,24,27). The van der Waals surface area contributed by atoms with Crippen molar-refractivity contribution in [3.05, 3.63) is 58.3 Å². The summed E-state index contributed by atoms with van der Waals surface area (Å²) in [5, 5.41) is 3.03. The van der Waals surface area contributed by atoms with Gasteiger partial charge in [0.2, 0.25) is 0 Å². The summed E-state index contributed by atoms with van der Waals surface area (Å²) in [6.45, 7) is 3.61. The maximum atomic E-state index is 12.6. The molecule has 1 N–H and O–H groups in total. The fourth-order valence-electron chi connectivity index (χ4n) is 3.27. The Morgan fingerprint density at radius 1 is 1.25 bits per heavy atom. The van der Waals surface area contributed by atoms with E-state index < -0.39 is 0 Å². The molecule has 2 amide bonds. The minimum absolute atomic E-state index is 0.00426. The van der Waals surface area contributed by atoms with Gasteiger partial charge in [0.1, 0.15) is 5.75 Å². The Hall–Kier alpha value is -2.41. The summed E-state index contributed by atoms with van der Waals surface area (Å²) in [4.78, 5) is 30.8. The van der Waals surface area contributed by atoms with Gasteiger partial charge in [-0.15, -0.1) is 0 Å². The van der Waals surface area contributed by atoms with Crippen LogP contribution >= 0.6 is 15.9 Å². The third-order valence-electron chi connectivity index (χ3n) is 4.78. The number of nitrogens with one attached hydrogen (secondary N) is 1. The summed E-state index contributed by atoms with van der Waals surface area (Å²) in [6.07, 6.45) is 5.96. The van der Waals surface area contributed by atoms with Gasteiger partial charge in [0.15, 0.2) is 6.61 Å². The molecule has 3 rings (SSSR count). The normalized spacial score (nSPS) is 14.6. The highest BCUT2D eigenvalue weighted by molar-refractivity contribution is 9.10. The molecule has 2 aromatic rings. The molecule has 0 spiro atoms. The molecule has 1 fully saturated rings. The van der Waals surface area contributed by atoms with Crippen LogP contribution in [0.25, 0.3) is 0 Å². The van der Waals surface area contributed by atoms with Gasteiger partial charge in [0, 0.05) is 35.5 Å². The zero-order valence-corrected chi connectivity index (χ0v) is 17.4. The second kappa shape index (κ2) is 9.68. The van der Waals surface area contributed by atoms with Crippen LogP contribution in [0, 0.1) is 0 Å². The highest BCUT2D eigenvalue weighted by Gasteiger charge is 2.21. The zero-order chi connectivity index (χ0) is 19.9. The average Bonchev–Trinajstić information content (AvgIpc) is 3.25. The Bertz CT molecular complexity index is 837. The Balaban J connectivity index is 1.70. The molecule has 1 unspecified atom stereocenters. The summed E-state index contributed by atoms with van der Waals surface area (Å²) in [6, 6.07) is 9.02. The number of hydrogen-bond donors (Lipinski definition) is 1. The van der Waals surface area contributed by atoms with Crippen LogP contribution in [-0.4, -0.2) is 41.4 Å². The van der Waals surface area contributed by atoms with Crippen LogP contribution in [0.15, 0.2) is 47.2 Å². The average molecular weight is 446 g/mol. The highest BCUT2D eigenvalue weighted by Crippen LogP contribution is 2.28. The van der Waals surface area contributed by atoms with E-state index in [2.05, 4.69) is 26.2 Å². The predicted molar refractivity (Wildman–Crippen MR) is 110 cm³/mol. The number of ether oxygens (including phenoxy) is 1. The predicted octanol–water partition coefficient (Wildman–Crippen LogP) is 3.73. The SMILES string of the molecule is CCC(NC(=O)c1cncc(Br)c1)c1ccccc1OCC(=O)N1CCCC1. The summed E-state index contributed by atoms with van der Waals surface area (Å²) in [5.74, 6) is 0.419. The molecule has 1 aromatic carbocycles. The Kier molecular flexibility index (Phi) is 7.03. The first-order chi connectivity index (χ1) is 13.6. The van der Waals surface area contributed by atoms with Crippen LogP contribution in [-0.2, 0) is 4.79 Å². The molecular weight excluding hydrogens is 422 g/mol. The molecule has 0 bridgehead atoms. The van der Waals surface area contributed by atoms with Gasteiger partial charge >= 0.3 is 0 Å². The van der Waals surface area contributed by atoms with E-state index in [-0.39, 0.29) is 24.5 Å². The molecule has 2 heterocycles. The van der Waals surface area contributed by atoms with Crippen molar-refractivity contribution in [3.63, 3.8) is 0 Å². The minimum atomic E-state index is -0.232. The van der Waals surface area contributed by atoms with Crippen LogP contribution in [0.2, 0.25) is 0 Å². The van der Waals surface area contributed by atoms with Gasteiger partial charge < -0.3 is 15.0 Å². The van der Waals surface area contributed by atoms with Crippen molar-refractivity contribution in [2.24, 2.45) is 0 Å². The largest absolute Gasteiger partial charge is 0.483 e. The molecule has 1 aromatic heterocycles. The third kappa shape index (κ3) is 5.10. The second-order valence-electron chi connectivity index (χ2n) is 6.74. The first kappa shape index (κ1) is 20.3. The lowest BCUT2D eigenvalue weighted by Gasteiger charge is -2.21. The first-order valence-corrected chi connectivity index (χ1v) is 10.3. The van der Waals surface area contributed by atoms with Crippen molar-refractivity contribution < 1.29 is 14.3 Å². The summed E-state index contributed by atoms with van der Waals surface area (Å²) in [7, 11) is 0. The van der Waals surface area contributed by atoms with Crippen molar-refractivity contribution in [2.75, 3.05) is 19.7 Å². The van der Waals surface area contributed by atoms with Crippen molar-refractivity contribution in [1.29, 1.82) is 0 Å². The Morgan fingerprint density at radius 2 is 2.00 bits per heavy atom. The fraction of sp³-hybridized carbons (Fsp3) is 0.381. The number of aromatic nitrogens is 1. The highest BCUT2D eigenvalue weighted by atomic mass is 79.9. The quantitative estimate of drug-likeness (QED) is 0.704. The summed E-state index contributed by atoms with van der Waals surface area (Å²) < 4.78 is 6.59. The number of hydrogen-bond acceptors (Lipinski definition) is 4. The van der Waals surface area contributed by atoms with Crippen LogP contribution in [0.1, 0.15) is 48.1 Å². The van der Waals surface area contributed by atoms with Gasteiger partial charge in [-0.1, -0.05) is 25.1 Å². The van der Waals surface area contributed by atoms with Crippen molar-refractivity contribution in [3.8, 4) is 5.75 Å². The van der Waals surface area contributed by atoms with Crippen LogP contribution in [0.3, 0.4) is 0 Å². The summed E-state index contributed by atoms with van der Waals surface area (Å²) >= 11 is 3.33. The molecule has 0 aliphatic carbocycles. The van der Waals surface area contributed by atoms with E-state index in [1.807, 2.05) is 36.1 Å². The first-order valence-electron chi connectivity index (χ1n) is 9.49. The monoisotopic (exact) mass is 445 g/mol. The molecule has 1 aliphatic rings. The molecular formula is C21H24BrN3O3. The number of halogens is 1. The van der Waals surface area contributed by atoms with E-state index in [1.54, 1.807) is 12.3 Å². The lowest BCUT2D eigenvalue weighted by Crippen LogP contribution is -2.32. The number of pyridine rings is 1. The van der Waals surface area contributed by atoms with Crippen molar-refractivity contribution in [2.45, 2.75) is 32.2 Å². The van der Waals surface area contributed by atoms with Crippen LogP contribution in [0.4, 0.5) is 0 Å². The van der Waals surface area contributed by atoms with Gasteiger partial charge in [-0.3, -0.25) is 14.6 Å². The Morgan fingerprint density at radius 3 is 2.71 bits per heavy atom. The molecule has 148 valence electrons.